The van der Waals surface area contributed by atoms with Crippen molar-refractivity contribution in [3.8, 4) is 5.75 Å². The van der Waals surface area contributed by atoms with E-state index in [1.54, 1.807) is 6.33 Å². The molecule has 0 bridgehead atoms. The summed E-state index contributed by atoms with van der Waals surface area (Å²) in [4.78, 5) is 11.6. The van der Waals surface area contributed by atoms with Crippen molar-refractivity contribution in [1.82, 2.24) is 9.97 Å². The molecule has 0 amide bonds. The predicted octanol–water partition coefficient (Wildman–Crippen LogP) is 5.10. The van der Waals surface area contributed by atoms with Gasteiger partial charge >= 0.3 is 0 Å². The maximum atomic E-state index is 5.51. The molecule has 2 heterocycles. The van der Waals surface area contributed by atoms with Crippen LogP contribution in [0, 0.1) is 0 Å². The summed E-state index contributed by atoms with van der Waals surface area (Å²) >= 11 is 1.84. The van der Waals surface area contributed by atoms with Gasteiger partial charge in [-0.2, -0.15) is 0 Å². The fourth-order valence-corrected chi connectivity index (χ4v) is 4.53. The lowest BCUT2D eigenvalue weighted by molar-refractivity contribution is 0.340. The summed E-state index contributed by atoms with van der Waals surface area (Å²) in [7, 11) is 0. The molecule has 0 unspecified atom stereocenters. The van der Waals surface area contributed by atoms with Gasteiger partial charge in [0.05, 0.1) is 12.0 Å². The van der Waals surface area contributed by atoms with E-state index in [1.807, 2.05) is 42.5 Å². The fraction of sp³-hybridized carbons (Fsp3) is 0.368. The second-order valence-electron chi connectivity index (χ2n) is 6.05. The van der Waals surface area contributed by atoms with E-state index >= 15 is 0 Å². The Hall–Kier alpha value is -2.14. The third kappa shape index (κ3) is 2.96. The zero-order valence-corrected chi connectivity index (χ0v) is 14.7. The Morgan fingerprint density at radius 2 is 1.92 bits per heavy atom. The minimum absolute atomic E-state index is 0.681. The number of benzene rings is 1. The minimum Gasteiger partial charge on any atom is -0.494 e. The Morgan fingerprint density at radius 3 is 2.75 bits per heavy atom. The van der Waals surface area contributed by atoms with Gasteiger partial charge in [-0.25, -0.2) is 9.97 Å². The Bertz CT molecular complexity index is 842. The van der Waals surface area contributed by atoms with Gasteiger partial charge in [0, 0.05) is 10.6 Å². The average molecular weight is 339 g/mol. The van der Waals surface area contributed by atoms with E-state index in [1.165, 1.54) is 41.5 Å². The van der Waals surface area contributed by atoms with Crippen molar-refractivity contribution in [3.63, 3.8) is 0 Å². The highest BCUT2D eigenvalue weighted by atomic mass is 32.1. The van der Waals surface area contributed by atoms with E-state index in [0.29, 0.717) is 6.61 Å². The molecule has 0 fully saturated rings. The Kier molecular flexibility index (Phi) is 4.34. The molecule has 1 N–H and O–H groups in total. The summed E-state index contributed by atoms with van der Waals surface area (Å²) in [5.74, 6) is 1.81. The van der Waals surface area contributed by atoms with E-state index in [-0.39, 0.29) is 0 Å². The molecule has 4 nitrogen and oxygen atoms in total. The van der Waals surface area contributed by atoms with Gasteiger partial charge in [-0.3, -0.25) is 0 Å². The van der Waals surface area contributed by atoms with Crippen molar-refractivity contribution in [3.05, 3.63) is 41.0 Å². The highest BCUT2D eigenvalue weighted by Gasteiger charge is 2.19. The maximum absolute atomic E-state index is 5.51. The third-order valence-electron chi connectivity index (χ3n) is 4.43. The van der Waals surface area contributed by atoms with Crippen LogP contribution in [0.25, 0.3) is 10.2 Å². The Labute approximate surface area is 145 Å². The summed E-state index contributed by atoms with van der Waals surface area (Å²) in [6, 6.07) is 8.03. The van der Waals surface area contributed by atoms with Crippen LogP contribution in [-0.2, 0) is 12.8 Å². The van der Waals surface area contributed by atoms with Gasteiger partial charge in [-0.05, 0) is 62.4 Å². The highest BCUT2D eigenvalue weighted by molar-refractivity contribution is 7.18. The van der Waals surface area contributed by atoms with Crippen LogP contribution in [-0.4, -0.2) is 16.6 Å². The van der Waals surface area contributed by atoms with Crippen molar-refractivity contribution in [2.75, 3.05) is 11.9 Å². The van der Waals surface area contributed by atoms with E-state index in [0.717, 1.165) is 28.5 Å². The molecule has 0 saturated heterocycles. The van der Waals surface area contributed by atoms with E-state index in [2.05, 4.69) is 15.3 Å². The first kappa shape index (κ1) is 15.4. The van der Waals surface area contributed by atoms with Crippen molar-refractivity contribution >= 4 is 33.1 Å². The number of anilines is 2. The predicted molar refractivity (Wildman–Crippen MR) is 99.6 cm³/mol. The molecule has 1 aliphatic rings. The van der Waals surface area contributed by atoms with Crippen LogP contribution in [0.1, 0.15) is 36.6 Å². The lowest BCUT2D eigenvalue weighted by Crippen LogP contribution is -1.97. The molecule has 4 rings (SSSR count). The molecule has 1 aliphatic carbocycles. The number of rotatable bonds is 4. The first-order valence-electron chi connectivity index (χ1n) is 8.60. The topological polar surface area (TPSA) is 47.0 Å². The summed E-state index contributed by atoms with van der Waals surface area (Å²) < 4.78 is 5.51. The highest BCUT2D eigenvalue weighted by Crippen LogP contribution is 2.38. The summed E-state index contributed by atoms with van der Waals surface area (Å²) in [6.07, 6.45) is 7.85. The number of ether oxygens (including phenoxy) is 1. The Morgan fingerprint density at radius 1 is 1.08 bits per heavy atom. The molecule has 124 valence electrons. The first-order valence-corrected chi connectivity index (χ1v) is 9.42. The van der Waals surface area contributed by atoms with Crippen molar-refractivity contribution in [2.24, 2.45) is 0 Å². The van der Waals surface area contributed by atoms with Gasteiger partial charge < -0.3 is 10.1 Å². The van der Waals surface area contributed by atoms with Crippen LogP contribution < -0.4 is 10.1 Å². The summed E-state index contributed by atoms with van der Waals surface area (Å²) in [5, 5.41) is 4.69. The van der Waals surface area contributed by atoms with Crippen LogP contribution in [0.15, 0.2) is 30.6 Å². The molecule has 24 heavy (non-hydrogen) atoms. The normalized spacial score (nSPS) is 14.2. The van der Waals surface area contributed by atoms with Gasteiger partial charge in [-0.1, -0.05) is 6.42 Å². The van der Waals surface area contributed by atoms with Crippen LogP contribution in [0.2, 0.25) is 0 Å². The molecule has 1 aromatic carbocycles. The number of thiophene rings is 1. The quantitative estimate of drug-likeness (QED) is 0.672. The molecule has 2 aromatic heterocycles. The molecule has 0 radical (unpaired) electrons. The van der Waals surface area contributed by atoms with Crippen LogP contribution in [0.3, 0.4) is 0 Å². The van der Waals surface area contributed by atoms with Gasteiger partial charge in [-0.15, -0.1) is 11.3 Å². The number of aryl methyl sites for hydroxylation is 2. The molecule has 3 aromatic rings. The third-order valence-corrected chi connectivity index (χ3v) is 5.63. The molecule has 0 saturated carbocycles. The molecular weight excluding hydrogens is 318 g/mol. The number of nitrogens with one attached hydrogen (secondary N) is 1. The van der Waals surface area contributed by atoms with E-state index in [4.69, 9.17) is 4.74 Å². The molecule has 0 atom stereocenters. The van der Waals surface area contributed by atoms with Crippen molar-refractivity contribution < 1.29 is 4.74 Å². The van der Waals surface area contributed by atoms with E-state index < -0.39 is 0 Å². The number of fused-ring (bicyclic) bond motifs is 3. The smallest absolute Gasteiger partial charge is 0.142 e. The zero-order chi connectivity index (χ0) is 16.4. The Balaban J connectivity index is 1.69. The van der Waals surface area contributed by atoms with Gasteiger partial charge in [0.25, 0.3) is 0 Å². The lowest BCUT2D eigenvalue weighted by atomic mass is 10.1. The minimum atomic E-state index is 0.681. The molecule has 0 aliphatic heterocycles. The van der Waals surface area contributed by atoms with Crippen LogP contribution in [0.5, 0.6) is 5.75 Å². The second-order valence-corrected chi connectivity index (χ2v) is 7.13. The number of nitrogens with zero attached hydrogens (tertiary/aromatic N) is 2. The van der Waals surface area contributed by atoms with E-state index in [9.17, 15) is 0 Å². The van der Waals surface area contributed by atoms with Crippen molar-refractivity contribution in [2.45, 2.75) is 39.0 Å². The van der Waals surface area contributed by atoms with Gasteiger partial charge in [0.2, 0.25) is 0 Å². The summed E-state index contributed by atoms with van der Waals surface area (Å²) in [5.41, 5.74) is 2.48. The molecular formula is C19H21N3OS. The number of hydrogen-bond donors (Lipinski definition) is 1. The second kappa shape index (κ2) is 6.77. The fourth-order valence-electron chi connectivity index (χ4n) is 3.30. The maximum Gasteiger partial charge on any atom is 0.142 e. The SMILES string of the molecule is CCOc1ccc(Nc2ncnc3sc4c(c23)CCCCC4)cc1. The zero-order valence-electron chi connectivity index (χ0n) is 13.8. The van der Waals surface area contributed by atoms with Crippen LogP contribution >= 0.6 is 11.3 Å². The largest absolute Gasteiger partial charge is 0.494 e. The van der Waals surface area contributed by atoms with Gasteiger partial charge in [0.15, 0.2) is 0 Å². The number of aromatic nitrogens is 2. The molecule has 5 heteroatoms. The standard InChI is InChI=1S/C19H21N3OS/c1-2-23-14-10-8-13(9-11-14)22-18-17-15-6-4-3-5-7-16(15)24-19(17)21-12-20-18/h8-12H,2-7H2,1H3,(H,20,21,22). The van der Waals surface area contributed by atoms with Crippen LogP contribution in [0.4, 0.5) is 11.5 Å². The number of hydrogen-bond acceptors (Lipinski definition) is 5. The average Bonchev–Trinajstić information content (AvgIpc) is 2.80. The molecule has 0 spiro atoms. The lowest BCUT2D eigenvalue weighted by Gasteiger charge is -2.09. The van der Waals surface area contributed by atoms with Crippen molar-refractivity contribution in [1.29, 1.82) is 0 Å². The summed E-state index contributed by atoms with van der Waals surface area (Å²) in [6.45, 7) is 2.67. The monoisotopic (exact) mass is 339 g/mol. The van der Waals surface area contributed by atoms with Gasteiger partial charge in [0.1, 0.15) is 22.7 Å². The first-order chi connectivity index (χ1) is 11.8.